The quantitative estimate of drug-likeness (QED) is 0.0896. The average Bonchev–Trinajstić information content (AvgIpc) is 1.54. The summed E-state index contributed by atoms with van der Waals surface area (Å²) < 4.78 is 0. The van der Waals surface area contributed by atoms with Gasteiger partial charge in [-0.2, -0.15) is 0 Å². The number of benzene rings is 21. The van der Waals surface area contributed by atoms with E-state index in [9.17, 15) is 0 Å². The van der Waals surface area contributed by atoms with Crippen LogP contribution in [0.1, 0.15) is 114 Å². The third-order valence-corrected chi connectivity index (χ3v) is 30.6. The second-order valence-electron chi connectivity index (χ2n) is 37.5. The lowest BCUT2D eigenvalue weighted by molar-refractivity contribution is 0.660. The van der Waals surface area contributed by atoms with Gasteiger partial charge in [0, 0.05) is 39.3 Å². The van der Waals surface area contributed by atoms with Crippen LogP contribution in [0.15, 0.2) is 522 Å². The minimum atomic E-state index is -0.807. The van der Waals surface area contributed by atoms with Crippen molar-refractivity contribution in [2.75, 3.05) is 9.80 Å². The van der Waals surface area contributed by atoms with Crippen molar-refractivity contribution >= 4 is 34.1 Å². The maximum absolute atomic E-state index is 2.61. The van der Waals surface area contributed by atoms with Crippen LogP contribution in [-0.4, -0.2) is 0 Å². The van der Waals surface area contributed by atoms with Crippen LogP contribution in [-0.2, 0) is 27.1 Å². The van der Waals surface area contributed by atoms with Crippen LogP contribution >= 0.6 is 0 Å². The van der Waals surface area contributed by atoms with Crippen molar-refractivity contribution in [1.82, 2.24) is 0 Å². The molecule has 26 rings (SSSR count). The van der Waals surface area contributed by atoms with E-state index in [1.165, 1.54) is 167 Å². The molecular formula is C133H92N2. The van der Waals surface area contributed by atoms with Crippen LogP contribution in [0, 0.1) is 0 Å². The summed E-state index contributed by atoms with van der Waals surface area (Å²) in [5.41, 5.74) is 45.3. The van der Waals surface area contributed by atoms with Gasteiger partial charge in [-0.1, -0.05) is 475 Å². The molecular weight excluding hydrogens is 1630 g/mol. The topological polar surface area (TPSA) is 6.48 Å². The molecule has 0 spiro atoms. The highest BCUT2D eigenvalue weighted by atomic mass is 15.2. The van der Waals surface area contributed by atoms with Gasteiger partial charge in [-0.15, -0.1) is 0 Å². The number of fused-ring (bicyclic) bond motifs is 15. The highest BCUT2D eigenvalue weighted by molar-refractivity contribution is 6.00. The van der Waals surface area contributed by atoms with E-state index in [1.807, 2.05) is 0 Å². The van der Waals surface area contributed by atoms with Crippen LogP contribution in [0.5, 0.6) is 0 Å². The lowest BCUT2D eigenvalue weighted by Crippen LogP contribution is -2.30. The summed E-state index contributed by atoms with van der Waals surface area (Å²) >= 11 is 0. The number of rotatable bonds is 17. The van der Waals surface area contributed by atoms with E-state index in [0.29, 0.717) is 0 Å². The molecule has 21 aromatic rings. The molecule has 0 aromatic heterocycles. The molecule has 0 radical (unpaired) electrons. The van der Waals surface area contributed by atoms with Crippen LogP contribution < -0.4 is 9.80 Å². The summed E-state index contributed by atoms with van der Waals surface area (Å²) in [4.78, 5) is 5.18. The lowest BCUT2D eigenvalue weighted by Gasteiger charge is -2.38. The molecule has 2 atom stereocenters. The van der Waals surface area contributed by atoms with Gasteiger partial charge in [0.1, 0.15) is 0 Å². The molecule has 2 heteroatoms. The van der Waals surface area contributed by atoms with Crippen molar-refractivity contribution in [2.24, 2.45) is 0 Å². The molecule has 0 N–H and O–H groups in total. The summed E-state index contributed by atoms with van der Waals surface area (Å²) in [6, 6.07) is 198. The molecule has 0 aliphatic heterocycles. The standard InChI is InChI=1S/C133H92N2/c1-129(2)117-57-29-24-50-107(117)112-83-80-106(88-124(112)129)135(126-63-35-56-114-108-51-25-32-60-120(108)132(128(114)126,98-44-18-7-19-45-98)99-46-20-8-21-47-99)105-82-85-123-116(87-105)111-54-28-31-59-119(111)131(123,97-42-16-6-17-43-97)101-74-68-92(69-75-101)93-70-76-102(77-71-93)133(100-48-22-9-23-49-100)121-61-33-26-52-109(121)113-55-34-62-125(127(113)133)134(103-78-72-94(73-79-103)91-66-64-90(65-67-91)89-36-10-3-11-37-89)104-81-84-122-115(86-104)110-53-27-30-58-118(110)130(122,95-38-12-4-13-39-95)96-40-14-5-15-41-96/h3-88H,1-2H3. The Bertz CT molecular complexity index is 8110. The largest absolute Gasteiger partial charge is 0.310 e. The van der Waals surface area contributed by atoms with Crippen LogP contribution in [0.2, 0.25) is 0 Å². The Balaban J connectivity index is 0.622. The highest BCUT2D eigenvalue weighted by Crippen LogP contribution is 2.66. The van der Waals surface area contributed by atoms with E-state index < -0.39 is 21.7 Å². The Kier molecular flexibility index (Phi) is 18.3. The van der Waals surface area contributed by atoms with Gasteiger partial charge in [-0.25, -0.2) is 0 Å². The smallest absolute Gasteiger partial charge is 0.0734 e. The lowest BCUT2D eigenvalue weighted by atomic mass is 9.66. The average molecular weight is 1720 g/mol. The molecule has 2 unspecified atom stereocenters. The molecule has 135 heavy (non-hydrogen) atoms. The van der Waals surface area contributed by atoms with E-state index in [-0.39, 0.29) is 5.41 Å². The van der Waals surface area contributed by atoms with Gasteiger partial charge in [0.05, 0.1) is 33.0 Å². The first kappa shape index (κ1) is 79.2. The first-order valence-corrected chi connectivity index (χ1v) is 47.3. The zero-order valence-electron chi connectivity index (χ0n) is 75.0. The fraction of sp³-hybridized carbons (Fsp3) is 0.0526. The van der Waals surface area contributed by atoms with Gasteiger partial charge in [-0.3, -0.25) is 0 Å². The molecule has 0 amide bonds. The van der Waals surface area contributed by atoms with E-state index in [0.717, 1.165) is 56.4 Å². The SMILES string of the molecule is CC1(C)c2ccccc2-c2ccc(N(c3ccc4c(c3)-c3ccccc3C4(c3ccccc3)c3ccc(-c4ccc(C5(c6ccccc6)c6ccccc6-c6cccc(N(c7ccc(-c8ccc(-c9ccccc9)cc8)cc7)c7ccc8c(c7)-c7ccccc7C8(c7ccccc7)c7ccccc7)c65)cc4)cc3)c3cccc4c3C(c3ccccc3)(c3ccccc3)c3ccccc3-4)cc21. The van der Waals surface area contributed by atoms with Crippen molar-refractivity contribution in [3.8, 4) is 89.0 Å². The predicted octanol–water partition coefficient (Wildman–Crippen LogP) is 33.4. The molecule has 0 heterocycles. The third-order valence-electron chi connectivity index (χ3n) is 30.6. The van der Waals surface area contributed by atoms with E-state index in [1.54, 1.807) is 0 Å². The van der Waals surface area contributed by atoms with Gasteiger partial charge in [0.2, 0.25) is 0 Å². The van der Waals surface area contributed by atoms with E-state index >= 15 is 0 Å². The normalized spacial score (nSPS) is 15.7. The summed E-state index contributed by atoms with van der Waals surface area (Å²) in [5, 5.41) is 0. The Morgan fingerprint density at radius 3 is 0.748 bits per heavy atom. The Hall–Kier alpha value is -16.8. The molecule has 5 aliphatic carbocycles. The van der Waals surface area contributed by atoms with Crippen molar-refractivity contribution in [2.45, 2.75) is 40.9 Å². The van der Waals surface area contributed by atoms with Gasteiger partial charge in [0.25, 0.3) is 0 Å². The minimum absolute atomic E-state index is 0.253. The fourth-order valence-electron chi connectivity index (χ4n) is 24.9. The van der Waals surface area contributed by atoms with Crippen molar-refractivity contribution < 1.29 is 0 Å². The van der Waals surface area contributed by atoms with Crippen molar-refractivity contribution in [1.29, 1.82) is 0 Å². The first-order chi connectivity index (χ1) is 66.7. The molecule has 21 aromatic carbocycles. The Labute approximate surface area is 790 Å². The molecule has 0 fully saturated rings. The minimum Gasteiger partial charge on any atom is -0.310 e. The van der Waals surface area contributed by atoms with Gasteiger partial charge in [-0.05, 0) is 239 Å². The fourth-order valence-corrected chi connectivity index (χ4v) is 24.9. The van der Waals surface area contributed by atoms with Crippen molar-refractivity contribution in [3.63, 3.8) is 0 Å². The second-order valence-corrected chi connectivity index (χ2v) is 37.5. The summed E-state index contributed by atoms with van der Waals surface area (Å²) in [7, 11) is 0. The molecule has 0 bridgehead atoms. The van der Waals surface area contributed by atoms with Gasteiger partial charge < -0.3 is 9.80 Å². The maximum atomic E-state index is 2.61. The molecule has 2 nitrogen and oxygen atoms in total. The molecule has 5 aliphatic rings. The number of nitrogens with zero attached hydrogens (tertiary/aromatic N) is 2. The predicted molar refractivity (Wildman–Crippen MR) is 559 cm³/mol. The Morgan fingerprint density at radius 1 is 0.141 bits per heavy atom. The molecule has 0 saturated heterocycles. The second kappa shape index (κ2) is 31.2. The number of anilines is 6. The van der Waals surface area contributed by atoms with Gasteiger partial charge in [0.15, 0.2) is 0 Å². The molecule has 0 saturated carbocycles. The van der Waals surface area contributed by atoms with Crippen LogP contribution in [0.25, 0.3) is 89.0 Å². The monoisotopic (exact) mass is 1720 g/mol. The number of hydrogen-bond donors (Lipinski definition) is 0. The summed E-state index contributed by atoms with van der Waals surface area (Å²) in [5.74, 6) is 0. The van der Waals surface area contributed by atoms with Crippen LogP contribution in [0.4, 0.5) is 34.1 Å². The Morgan fingerprint density at radius 2 is 0.370 bits per heavy atom. The van der Waals surface area contributed by atoms with Crippen molar-refractivity contribution in [3.05, 3.63) is 622 Å². The summed E-state index contributed by atoms with van der Waals surface area (Å²) in [6.45, 7) is 4.81. The number of hydrogen-bond acceptors (Lipinski definition) is 2. The zero-order chi connectivity index (χ0) is 89.6. The maximum Gasteiger partial charge on any atom is 0.0734 e. The zero-order valence-corrected chi connectivity index (χ0v) is 75.0. The van der Waals surface area contributed by atoms with Gasteiger partial charge >= 0.3 is 0 Å². The third kappa shape index (κ3) is 11.7. The van der Waals surface area contributed by atoms with Crippen LogP contribution in [0.3, 0.4) is 0 Å². The molecule has 634 valence electrons. The van der Waals surface area contributed by atoms with E-state index in [2.05, 4.69) is 545 Å². The highest BCUT2D eigenvalue weighted by Gasteiger charge is 2.53. The van der Waals surface area contributed by atoms with E-state index in [4.69, 9.17) is 0 Å². The first-order valence-electron chi connectivity index (χ1n) is 47.3. The summed E-state index contributed by atoms with van der Waals surface area (Å²) in [6.07, 6.45) is 0.